The molecule has 0 aliphatic heterocycles. The van der Waals surface area contributed by atoms with Crippen LogP contribution in [0.25, 0.3) is 22.3 Å². The molecule has 1 heterocycles. The second-order valence-electron chi connectivity index (χ2n) is 7.79. The maximum Gasteiger partial charge on any atom is 0.282 e. The Labute approximate surface area is 211 Å². The fourth-order valence-corrected chi connectivity index (χ4v) is 3.93. The molecule has 0 N–H and O–H groups in total. The minimum absolute atomic E-state index is 0.238. The van der Waals surface area contributed by atoms with Gasteiger partial charge in [0.25, 0.3) is 5.56 Å². The molecule has 7 heteroatoms. The van der Waals surface area contributed by atoms with Gasteiger partial charge in [0, 0.05) is 5.56 Å². The van der Waals surface area contributed by atoms with Crippen molar-refractivity contribution >= 4 is 40.3 Å². The number of fused-ring (bicyclic) bond motifs is 1. The fourth-order valence-electron chi connectivity index (χ4n) is 3.61. The summed E-state index contributed by atoms with van der Waals surface area (Å²) in [6, 6.07) is 29.6. The molecular formula is C28H19Cl2N3O2. The maximum atomic E-state index is 13.3. The van der Waals surface area contributed by atoms with Gasteiger partial charge in [0.05, 0.1) is 27.2 Å². The van der Waals surface area contributed by atoms with Crippen LogP contribution in [0, 0.1) is 0 Å². The van der Waals surface area contributed by atoms with Crippen LogP contribution in [0.4, 0.5) is 0 Å². The Morgan fingerprint density at radius 3 is 2.49 bits per heavy atom. The molecule has 172 valence electrons. The first-order valence-corrected chi connectivity index (χ1v) is 11.6. The largest absolute Gasteiger partial charge is 0.489 e. The number of aromatic nitrogens is 2. The summed E-state index contributed by atoms with van der Waals surface area (Å²) in [5.41, 5.74) is 2.86. The number of nitrogens with zero attached hydrogens (tertiary/aromatic N) is 3. The van der Waals surface area contributed by atoms with Gasteiger partial charge in [0.1, 0.15) is 12.4 Å². The summed E-state index contributed by atoms with van der Waals surface area (Å²) < 4.78 is 7.24. The number of rotatable bonds is 6. The Kier molecular flexibility index (Phi) is 6.62. The van der Waals surface area contributed by atoms with Crippen LogP contribution in [0.2, 0.25) is 10.0 Å². The molecule has 4 aromatic carbocycles. The Hall–Kier alpha value is -3.93. The molecule has 0 aliphatic carbocycles. The molecule has 0 amide bonds. The average molecular weight is 500 g/mol. The Morgan fingerprint density at radius 1 is 0.857 bits per heavy atom. The lowest BCUT2D eigenvalue weighted by atomic mass is 10.2. The van der Waals surface area contributed by atoms with Crippen LogP contribution in [-0.2, 0) is 6.61 Å². The Bertz CT molecular complexity index is 1600. The summed E-state index contributed by atoms with van der Waals surface area (Å²) in [5, 5.41) is 6.00. The summed E-state index contributed by atoms with van der Waals surface area (Å²) in [5.74, 6) is 1.13. The number of benzene rings is 4. The van der Waals surface area contributed by atoms with E-state index in [-0.39, 0.29) is 5.56 Å². The molecule has 0 atom stereocenters. The van der Waals surface area contributed by atoms with E-state index in [2.05, 4.69) is 5.10 Å². The van der Waals surface area contributed by atoms with E-state index in [1.165, 1.54) is 4.68 Å². The number of ether oxygens (including phenoxy) is 1. The van der Waals surface area contributed by atoms with Crippen molar-refractivity contribution in [3.63, 3.8) is 0 Å². The highest BCUT2D eigenvalue weighted by Gasteiger charge is 2.12. The number of para-hydroxylation sites is 1. The lowest BCUT2D eigenvalue weighted by Gasteiger charge is -2.10. The van der Waals surface area contributed by atoms with E-state index in [1.54, 1.807) is 24.4 Å². The van der Waals surface area contributed by atoms with E-state index in [4.69, 9.17) is 32.9 Å². The SMILES string of the molecule is O=c1c2ccccc2nc(-c2ccccc2)n1N=Cc1cccc(OCc2ccc(Cl)c(Cl)c2)c1. The zero-order chi connectivity index (χ0) is 24.2. The summed E-state index contributed by atoms with van der Waals surface area (Å²) in [4.78, 5) is 18.0. The number of hydrogen-bond donors (Lipinski definition) is 0. The predicted octanol–water partition coefficient (Wildman–Crippen LogP) is 6.83. The smallest absolute Gasteiger partial charge is 0.282 e. The molecule has 0 saturated carbocycles. The van der Waals surface area contributed by atoms with E-state index >= 15 is 0 Å². The van der Waals surface area contributed by atoms with Crippen LogP contribution in [0.1, 0.15) is 11.1 Å². The van der Waals surface area contributed by atoms with Crippen LogP contribution >= 0.6 is 23.2 Å². The predicted molar refractivity (Wildman–Crippen MR) is 142 cm³/mol. The highest BCUT2D eigenvalue weighted by Crippen LogP contribution is 2.24. The monoisotopic (exact) mass is 499 g/mol. The van der Waals surface area contributed by atoms with Crippen LogP contribution in [0.5, 0.6) is 5.75 Å². The van der Waals surface area contributed by atoms with E-state index in [1.807, 2.05) is 78.9 Å². The number of hydrogen-bond acceptors (Lipinski definition) is 4. The molecule has 0 saturated heterocycles. The minimum Gasteiger partial charge on any atom is -0.489 e. The van der Waals surface area contributed by atoms with Gasteiger partial charge < -0.3 is 4.74 Å². The lowest BCUT2D eigenvalue weighted by Crippen LogP contribution is -2.20. The summed E-state index contributed by atoms with van der Waals surface area (Å²) in [6.07, 6.45) is 1.62. The van der Waals surface area contributed by atoms with Crippen molar-refractivity contribution in [1.29, 1.82) is 0 Å². The van der Waals surface area contributed by atoms with Gasteiger partial charge in [-0.05, 0) is 47.5 Å². The third kappa shape index (κ3) is 5.11. The summed E-state index contributed by atoms with van der Waals surface area (Å²) in [7, 11) is 0. The zero-order valence-corrected chi connectivity index (χ0v) is 19.9. The third-order valence-electron chi connectivity index (χ3n) is 5.36. The molecule has 0 bridgehead atoms. The van der Waals surface area contributed by atoms with Crippen molar-refractivity contribution in [1.82, 2.24) is 9.66 Å². The third-order valence-corrected chi connectivity index (χ3v) is 6.09. The van der Waals surface area contributed by atoms with E-state index in [0.29, 0.717) is 39.1 Å². The lowest BCUT2D eigenvalue weighted by molar-refractivity contribution is 0.306. The van der Waals surface area contributed by atoms with Gasteiger partial charge in [-0.2, -0.15) is 9.78 Å². The summed E-state index contributed by atoms with van der Waals surface area (Å²) >= 11 is 12.1. The molecule has 1 aromatic heterocycles. The minimum atomic E-state index is -0.238. The normalized spacial score (nSPS) is 11.3. The molecular weight excluding hydrogens is 481 g/mol. The standard InChI is InChI=1S/C28H19Cl2N3O2/c29-24-14-13-20(16-25(24)30)18-35-22-10-6-7-19(15-22)17-31-33-27(21-8-2-1-3-9-21)32-26-12-5-4-11-23(26)28(33)34/h1-17H,18H2. The van der Waals surface area contributed by atoms with Crippen molar-refractivity contribution in [2.75, 3.05) is 0 Å². The average Bonchev–Trinajstić information content (AvgIpc) is 2.89. The van der Waals surface area contributed by atoms with Crippen LogP contribution in [0.15, 0.2) is 107 Å². The first kappa shape index (κ1) is 22.8. The molecule has 0 unspecified atom stereocenters. The highest BCUT2D eigenvalue weighted by molar-refractivity contribution is 6.42. The van der Waals surface area contributed by atoms with Gasteiger partial charge in [-0.15, -0.1) is 0 Å². The molecule has 5 nitrogen and oxygen atoms in total. The molecule has 0 fully saturated rings. The summed E-state index contributed by atoms with van der Waals surface area (Å²) in [6.45, 7) is 0.337. The Morgan fingerprint density at radius 2 is 1.66 bits per heavy atom. The molecule has 5 aromatic rings. The molecule has 0 radical (unpaired) electrons. The first-order valence-electron chi connectivity index (χ1n) is 10.9. The van der Waals surface area contributed by atoms with Gasteiger partial charge in [0.2, 0.25) is 0 Å². The van der Waals surface area contributed by atoms with Crippen molar-refractivity contribution in [3.8, 4) is 17.1 Å². The van der Waals surface area contributed by atoms with Crippen molar-refractivity contribution in [3.05, 3.63) is 129 Å². The topological polar surface area (TPSA) is 56.5 Å². The molecule has 0 spiro atoms. The van der Waals surface area contributed by atoms with Crippen LogP contribution in [-0.4, -0.2) is 15.9 Å². The van der Waals surface area contributed by atoms with Crippen molar-refractivity contribution in [2.24, 2.45) is 5.10 Å². The van der Waals surface area contributed by atoms with Crippen molar-refractivity contribution < 1.29 is 4.74 Å². The van der Waals surface area contributed by atoms with Gasteiger partial charge in [-0.1, -0.05) is 83.9 Å². The molecule has 35 heavy (non-hydrogen) atoms. The second-order valence-corrected chi connectivity index (χ2v) is 8.60. The first-order chi connectivity index (χ1) is 17.1. The number of halogens is 2. The van der Waals surface area contributed by atoms with Gasteiger partial charge in [-0.25, -0.2) is 4.98 Å². The Balaban J connectivity index is 1.46. The quantitative estimate of drug-likeness (QED) is 0.240. The highest BCUT2D eigenvalue weighted by atomic mass is 35.5. The second kappa shape index (κ2) is 10.1. The van der Waals surface area contributed by atoms with E-state index in [9.17, 15) is 4.79 Å². The molecule has 0 aliphatic rings. The van der Waals surface area contributed by atoms with Crippen molar-refractivity contribution in [2.45, 2.75) is 6.61 Å². The van der Waals surface area contributed by atoms with Crippen LogP contribution in [0.3, 0.4) is 0 Å². The molecule has 5 rings (SSSR count). The fraction of sp³-hybridized carbons (Fsp3) is 0.0357. The van der Waals surface area contributed by atoms with Gasteiger partial charge in [-0.3, -0.25) is 4.79 Å². The maximum absolute atomic E-state index is 13.3. The van der Waals surface area contributed by atoms with E-state index < -0.39 is 0 Å². The van der Waals surface area contributed by atoms with Gasteiger partial charge in [0.15, 0.2) is 5.82 Å². The van der Waals surface area contributed by atoms with E-state index in [0.717, 1.165) is 16.7 Å². The zero-order valence-electron chi connectivity index (χ0n) is 18.4. The van der Waals surface area contributed by atoms with Gasteiger partial charge >= 0.3 is 0 Å². The van der Waals surface area contributed by atoms with Crippen LogP contribution < -0.4 is 10.3 Å².